The molecule has 0 spiro atoms. The van der Waals surface area contributed by atoms with E-state index in [0.29, 0.717) is 34.8 Å². The van der Waals surface area contributed by atoms with Crippen molar-refractivity contribution in [2.75, 3.05) is 11.6 Å². The molecule has 0 saturated carbocycles. The fourth-order valence-corrected chi connectivity index (χ4v) is 6.45. The van der Waals surface area contributed by atoms with Crippen molar-refractivity contribution in [2.45, 2.75) is 42.8 Å². The van der Waals surface area contributed by atoms with Crippen LogP contribution in [0.25, 0.3) is 11.1 Å². The highest BCUT2D eigenvalue weighted by molar-refractivity contribution is 7.98. The molecule has 0 aliphatic heterocycles. The van der Waals surface area contributed by atoms with Crippen molar-refractivity contribution in [3.05, 3.63) is 102 Å². The second-order valence-corrected chi connectivity index (χ2v) is 12.3. The third kappa shape index (κ3) is 7.56. The van der Waals surface area contributed by atoms with Crippen LogP contribution in [0.4, 0.5) is 10.7 Å². The summed E-state index contributed by atoms with van der Waals surface area (Å²) in [7, 11) is -4.19. The van der Waals surface area contributed by atoms with Crippen LogP contribution in [0.1, 0.15) is 40.8 Å². The first-order valence-electron chi connectivity index (χ1n) is 14.0. The Kier molecular flexibility index (Phi) is 9.89. The van der Waals surface area contributed by atoms with Gasteiger partial charge in [-0.05, 0) is 40.6 Å². The number of nitrogens with zero attached hydrogens (tertiary/aromatic N) is 5. The minimum absolute atomic E-state index is 0.0301. The zero-order chi connectivity index (χ0) is 31.8. The van der Waals surface area contributed by atoms with E-state index in [1.165, 1.54) is 17.8 Å². The van der Waals surface area contributed by atoms with Gasteiger partial charge in [-0.2, -0.15) is 5.21 Å². The quantitative estimate of drug-likeness (QED) is 0.145. The number of carbonyl (C=O) groups is 2. The summed E-state index contributed by atoms with van der Waals surface area (Å²) in [6.45, 7) is 2.57. The molecule has 5 aromatic rings. The molecule has 0 radical (unpaired) electrons. The van der Waals surface area contributed by atoms with E-state index in [0.717, 1.165) is 23.4 Å². The summed E-state index contributed by atoms with van der Waals surface area (Å²) in [5.41, 5.74) is 3.17. The molecule has 45 heavy (non-hydrogen) atoms. The topological polar surface area (TPSA) is 177 Å². The molecule has 5 rings (SSSR count). The number of tetrazole rings is 1. The average molecular weight is 646 g/mol. The van der Waals surface area contributed by atoms with Crippen molar-refractivity contribution >= 4 is 39.7 Å². The third-order valence-corrected chi connectivity index (χ3v) is 8.83. The number of urea groups is 1. The molecule has 0 bridgehead atoms. The molecule has 0 aliphatic rings. The second kappa shape index (κ2) is 14.2. The molecule has 15 heteroatoms. The Bertz CT molecular complexity index is 1880. The van der Waals surface area contributed by atoms with Gasteiger partial charge in [-0.1, -0.05) is 84.8 Å². The van der Waals surface area contributed by atoms with Gasteiger partial charge < -0.3 is 9.88 Å². The van der Waals surface area contributed by atoms with Crippen molar-refractivity contribution in [3.8, 4) is 11.1 Å². The van der Waals surface area contributed by atoms with Crippen LogP contribution in [0.5, 0.6) is 0 Å². The number of sulfonamides is 1. The number of rotatable bonds is 12. The molecule has 2 heterocycles. The first kappa shape index (κ1) is 31.4. The first-order valence-corrected chi connectivity index (χ1v) is 16.7. The van der Waals surface area contributed by atoms with Crippen molar-refractivity contribution in [2.24, 2.45) is 0 Å². The second-order valence-electron chi connectivity index (χ2n) is 9.88. The summed E-state index contributed by atoms with van der Waals surface area (Å²) >= 11 is 1.37. The van der Waals surface area contributed by atoms with Gasteiger partial charge >= 0.3 is 6.03 Å². The molecule has 3 aromatic carbocycles. The molecule has 2 aromatic heterocycles. The van der Waals surface area contributed by atoms with Crippen LogP contribution >= 0.6 is 11.8 Å². The van der Waals surface area contributed by atoms with Gasteiger partial charge in [0.2, 0.25) is 0 Å². The van der Waals surface area contributed by atoms with Crippen LogP contribution in [0.15, 0.2) is 88.8 Å². The van der Waals surface area contributed by atoms with Crippen LogP contribution < -0.4 is 15.4 Å². The summed E-state index contributed by atoms with van der Waals surface area (Å²) in [6.07, 6.45) is 3.35. The lowest BCUT2D eigenvalue weighted by Gasteiger charge is -2.14. The summed E-state index contributed by atoms with van der Waals surface area (Å²) < 4.78 is 30.5. The summed E-state index contributed by atoms with van der Waals surface area (Å²) in [4.78, 5) is 30.5. The standard InChI is InChI=1S/C30H31N9O4S2/c1-3-9-25-32-28(44-2)26(27(40)33-29-34-37-38-35-29)39(25)19-21-14-16-22(17-15-21)23-12-7-8-13-24(23)45(42,43)36-30(41)31-18-20-10-5-4-6-11-20/h4-8,10-17H,3,9,18-19H2,1-2H3,(H2,31,36,41)(H2,33,34,35,37,38,40). The van der Waals surface area contributed by atoms with Crippen LogP contribution in [0.3, 0.4) is 0 Å². The van der Waals surface area contributed by atoms with Gasteiger partial charge in [0.05, 0.1) is 4.90 Å². The maximum Gasteiger partial charge on any atom is 0.328 e. The van der Waals surface area contributed by atoms with E-state index in [-0.39, 0.29) is 17.4 Å². The van der Waals surface area contributed by atoms with Crippen molar-refractivity contribution < 1.29 is 18.0 Å². The molecule has 0 atom stereocenters. The first-order chi connectivity index (χ1) is 21.8. The molecule has 232 valence electrons. The number of anilines is 1. The minimum Gasteiger partial charge on any atom is -0.333 e. The van der Waals surface area contributed by atoms with Crippen molar-refractivity contribution in [1.29, 1.82) is 0 Å². The fourth-order valence-electron chi connectivity index (χ4n) is 4.70. The lowest BCUT2D eigenvalue weighted by Crippen LogP contribution is -2.39. The fraction of sp³-hybridized carbons (Fsp3) is 0.200. The highest BCUT2D eigenvalue weighted by atomic mass is 32.2. The Morgan fingerprint density at radius 2 is 1.69 bits per heavy atom. The van der Waals surface area contributed by atoms with Gasteiger partial charge in [-0.15, -0.1) is 16.9 Å². The highest BCUT2D eigenvalue weighted by Gasteiger charge is 2.25. The molecule has 3 amide bonds. The number of hydrogen-bond donors (Lipinski definition) is 4. The maximum atomic E-state index is 13.3. The lowest BCUT2D eigenvalue weighted by molar-refractivity contribution is 0.101. The number of nitrogens with one attached hydrogen (secondary N) is 4. The van der Waals surface area contributed by atoms with Gasteiger partial charge in [0.1, 0.15) is 16.5 Å². The summed E-state index contributed by atoms with van der Waals surface area (Å²) in [6, 6.07) is 22.2. The molecule has 0 saturated heterocycles. The van der Waals surface area contributed by atoms with Crippen LogP contribution in [-0.4, -0.2) is 56.8 Å². The zero-order valence-corrected chi connectivity index (χ0v) is 26.2. The Hall–Kier alpha value is -5.02. The largest absolute Gasteiger partial charge is 0.333 e. The Morgan fingerprint density at radius 3 is 2.38 bits per heavy atom. The smallest absolute Gasteiger partial charge is 0.328 e. The van der Waals surface area contributed by atoms with Crippen molar-refractivity contribution in [1.82, 2.24) is 40.2 Å². The number of aromatic nitrogens is 6. The van der Waals surface area contributed by atoms with E-state index >= 15 is 0 Å². The monoisotopic (exact) mass is 645 g/mol. The molecule has 0 aliphatic carbocycles. The van der Waals surface area contributed by atoms with E-state index < -0.39 is 22.0 Å². The van der Waals surface area contributed by atoms with E-state index in [1.807, 2.05) is 72.3 Å². The number of H-pyrrole nitrogens is 1. The molecule has 0 unspecified atom stereocenters. The maximum absolute atomic E-state index is 13.3. The highest BCUT2D eigenvalue weighted by Crippen LogP contribution is 2.29. The van der Waals surface area contributed by atoms with Gasteiger partial charge in [-0.25, -0.2) is 22.9 Å². The summed E-state index contributed by atoms with van der Waals surface area (Å²) in [5.74, 6) is 0.405. The number of aryl methyl sites for hydroxylation is 1. The molecule has 4 N–H and O–H groups in total. The van der Waals surface area contributed by atoms with Gasteiger partial charge in [-0.3, -0.25) is 10.1 Å². The van der Waals surface area contributed by atoms with E-state index in [9.17, 15) is 18.0 Å². The SMILES string of the molecule is CCCc1nc(SC)c(C(=O)Nc2nn[nH]n2)n1Cc1ccc(-c2ccccc2S(=O)(=O)NC(=O)NCc2ccccc2)cc1. The molecular formula is C30H31N9O4S2. The Morgan fingerprint density at radius 1 is 0.956 bits per heavy atom. The number of aromatic amines is 1. The molecular weight excluding hydrogens is 615 g/mol. The normalized spacial score (nSPS) is 11.2. The number of imidazole rings is 1. The number of amides is 3. The lowest BCUT2D eigenvalue weighted by atomic mass is 10.0. The van der Waals surface area contributed by atoms with Crippen LogP contribution in [0, 0.1) is 0 Å². The van der Waals surface area contributed by atoms with E-state index in [4.69, 9.17) is 4.98 Å². The number of hydrogen-bond acceptors (Lipinski definition) is 9. The Labute approximate surface area is 264 Å². The van der Waals surface area contributed by atoms with Gasteiger partial charge in [0.25, 0.3) is 21.9 Å². The predicted octanol–water partition coefficient (Wildman–Crippen LogP) is 4.23. The third-order valence-electron chi connectivity index (χ3n) is 6.77. The average Bonchev–Trinajstić information content (AvgIpc) is 3.68. The number of benzene rings is 3. The minimum atomic E-state index is -4.19. The van der Waals surface area contributed by atoms with E-state index in [2.05, 4.69) is 36.0 Å². The Balaban J connectivity index is 1.37. The molecule has 13 nitrogen and oxygen atoms in total. The molecule has 0 fully saturated rings. The van der Waals surface area contributed by atoms with Gasteiger partial charge in [0.15, 0.2) is 0 Å². The zero-order valence-electron chi connectivity index (χ0n) is 24.5. The van der Waals surface area contributed by atoms with E-state index in [1.54, 1.807) is 18.2 Å². The number of carbonyl (C=O) groups excluding carboxylic acids is 2. The van der Waals surface area contributed by atoms with Gasteiger partial charge in [0, 0.05) is 25.1 Å². The predicted molar refractivity (Wildman–Crippen MR) is 170 cm³/mol. The van der Waals surface area contributed by atoms with Crippen molar-refractivity contribution in [3.63, 3.8) is 0 Å². The van der Waals surface area contributed by atoms with Crippen LogP contribution in [0.2, 0.25) is 0 Å². The van der Waals surface area contributed by atoms with Crippen LogP contribution in [-0.2, 0) is 29.5 Å². The number of thioether (sulfide) groups is 1. The summed E-state index contributed by atoms with van der Waals surface area (Å²) in [5, 5.41) is 19.2.